The number of nitrogens with one attached hydrogen (secondary N) is 1. The lowest BCUT2D eigenvalue weighted by Crippen LogP contribution is -2.60. The topological polar surface area (TPSA) is 122 Å². The molecule has 1 N–H and O–H groups in total. The van der Waals surface area contributed by atoms with Gasteiger partial charge in [-0.25, -0.2) is 32.3 Å². The van der Waals surface area contributed by atoms with E-state index in [1.807, 2.05) is 0 Å². The fourth-order valence-corrected chi connectivity index (χ4v) is 5.56. The van der Waals surface area contributed by atoms with E-state index in [2.05, 4.69) is 14.7 Å². The minimum absolute atomic E-state index is 0.0365. The summed E-state index contributed by atoms with van der Waals surface area (Å²) in [4.78, 5) is 38.2. The molecule has 1 aromatic heterocycles. The molecule has 1 aliphatic heterocycles. The minimum atomic E-state index is -3.64. The molecule has 0 unspecified atom stereocenters. The molecule has 1 saturated heterocycles. The van der Waals surface area contributed by atoms with Crippen LogP contribution in [0.25, 0.3) is 11.4 Å². The fraction of sp³-hybridized carbons (Fsp3) is 0.520. The van der Waals surface area contributed by atoms with Crippen LogP contribution in [0.5, 0.6) is 0 Å². The van der Waals surface area contributed by atoms with E-state index in [0.29, 0.717) is 17.0 Å². The van der Waals surface area contributed by atoms with Gasteiger partial charge in [0.15, 0.2) is 11.6 Å². The number of likely N-dealkylation sites (N-methyl/N-ethyl adjacent to an activating group) is 1. The Hall–Kier alpha value is -3.12. The Bertz CT molecular complexity index is 1260. The van der Waals surface area contributed by atoms with E-state index in [4.69, 9.17) is 4.74 Å². The van der Waals surface area contributed by atoms with Crippen LogP contribution in [0.4, 0.5) is 9.18 Å². The third kappa shape index (κ3) is 6.61. The van der Waals surface area contributed by atoms with Crippen LogP contribution in [0.2, 0.25) is 0 Å². The van der Waals surface area contributed by atoms with E-state index in [1.165, 1.54) is 9.80 Å². The van der Waals surface area contributed by atoms with Crippen molar-refractivity contribution in [2.75, 3.05) is 20.4 Å². The molecule has 12 heteroatoms. The number of sulfonamides is 1. The van der Waals surface area contributed by atoms with Crippen molar-refractivity contribution in [3.63, 3.8) is 0 Å². The highest BCUT2D eigenvalue weighted by molar-refractivity contribution is 7.88. The Balaban J connectivity index is 2.13. The Kier molecular flexibility index (Phi) is 7.94. The van der Waals surface area contributed by atoms with Crippen molar-refractivity contribution in [2.45, 2.75) is 63.8 Å². The third-order valence-electron chi connectivity index (χ3n) is 6.07. The number of benzene rings is 1. The molecular weight excluding hydrogens is 501 g/mol. The van der Waals surface area contributed by atoms with Gasteiger partial charge in [0.05, 0.1) is 18.6 Å². The molecule has 0 radical (unpaired) electrons. The van der Waals surface area contributed by atoms with Gasteiger partial charge >= 0.3 is 6.09 Å². The second kappa shape index (κ2) is 10.3. The lowest BCUT2D eigenvalue weighted by Gasteiger charge is -2.41. The zero-order valence-corrected chi connectivity index (χ0v) is 23.0. The molecule has 202 valence electrons. The van der Waals surface area contributed by atoms with Crippen molar-refractivity contribution in [2.24, 2.45) is 0 Å². The lowest BCUT2D eigenvalue weighted by molar-refractivity contribution is -0.140. The Morgan fingerprint density at radius 2 is 1.86 bits per heavy atom. The van der Waals surface area contributed by atoms with Crippen molar-refractivity contribution < 1.29 is 27.1 Å². The number of hydrogen-bond acceptors (Lipinski definition) is 7. The SMILES string of the molecule is C[C@H]1[C@H](NS(C)(=O)=O)C[C@@](Cc2cccc(-c3ncc(F)cn3)c2)(C(=O)N(C)C)N1C(=O)OC(C)(C)C. The summed E-state index contributed by atoms with van der Waals surface area (Å²) in [5, 5.41) is 0. The summed E-state index contributed by atoms with van der Waals surface area (Å²) < 4.78 is 45.9. The first-order valence-corrected chi connectivity index (χ1v) is 13.7. The summed E-state index contributed by atoms with van der Waals surface area (Å²) in [7, 11) is -0.470. The van der Waals surface area contributed by atoms with Gasteiger partial charge in [0, 0.05) is 38.2 Å². The summed E-state index contributed by atoms with van der Waals surface area (Å²) in [5.74, 6) is -0.629. The summed E-state index contributed by atoms with van der Waals surface area (Å²) >= 11 is 0. The average molecular weight is 536 g/mol. The zero-order valence-electron chi connectivity index (χ0n) is 22.1. The van der Waals surface area contributed by atoms with Crippen molar-refractivity contribution in [1.82, 2.24) is 24.5 Å². The number of rotatable bonds is 6. The molecule has 3 atom stereocenters. The van der Waals surface area contributed by atoms with Gasteiger partial charge in [-0.15, -0.1) is 0 Å². The van der Waals surface area contributed by atoms with Crippen molar-refractivity contribution in [1.29, 1.82) is 0 Å². The molecule has 0 saturated carbocycles. The van der Waals surface area contributed by atoms with Crippen LogP contribution in [0, 0.1) is 5.82 Å². The van der Waals surface area contributed by atoms with E-state index in [-0.39, 0.29) is 18.7 Å². The summed E-state index contributed by atoms with van der Waals surface area (Å²) in [6.07, 6.45) is 2.56. The first-order chi connectivity index (χ1) is 17.0. The van der Waals surface area contributed by atoms with E-state index >= 15 is 0 Å². The summed E-state index contributed by atoms with van der Waals surface area (Å²) in [6, 6.07) is 5.68. The van der Waals surface area contributed by atoms with Crippen molar-refractivity contribution in [3.05, 3.63) is 48.0 Å². The number of amides is 2. The van der Waals surface area contributed by atoms with Crippen LogP contribution in [-0.4, -0.2) is 83.8 Å². The van der Waals surface area contributed by atoms with E-state index in [0.717, 1.165) is 18.6 Å². The number of carbonyl (C=O) groups is 2. The first kappa shape index (κ1) is 28.5. The molecule has 0 spiro atoms. The Morgan fingerprint density at radius 3 is 2.41 bits per heavy atom. The zero-order chi connectivity index (χ0) is 27.8. The van der Waals surface area contributed by atoms with Crippen LogP contribution in [0.1, 0.15) is 39.7 Å². The molecule has 1 aliphatic rings. The van der Waals surface area contributed by atoms with Crippen LogP contribution < -0.4 is 4.72 Å². The van der Waals surface area contributed by atoms with Gasteiger partial charge in [-0.3, -0.25) is 9.69 Å². The molecule has 2 heterocycles. The Labute approximate surface area is 217 Å². The number of ether oxygens (including phenoxy) is 1. The largest absolute Gasteiger partial charge is 0.444 e. The van der Waals surface area contributed by atoms with Crippen LogP contribution in [-0.2, 0) is 26.0 Å². The van der Waals surface area contributed by atoms with E-state index in [1.54, 1.807) is 66.1 Å². The van der Waals surface area contributed by atoms with Gasteiger partial charge in [-0.2, -0.15) is 0 Å². The smallest absolute Gasteiger partial charge is 0.411 e. The molecule has 10 nitrogen and oxygen atoms in total. The molecule has 2 amide bonds. The Morgan fingerprint density at radius 1 is 1.24 bits per heavy atom. The third-order valence-corrected chi connectivity index (χ3v) is 6.80. The van der Waals surface area contributed by atoms with E-state index < -0.39 is 45.2 Å². The standard InChI is InChI=1S/C25H34FN5O5S/c1-16-20(29-37(7,34)35)13-25(22(32)30(5)6,31(16)23(33)36-24(2,3)4)12-17-9-8-10-18(11-17)21-27-14-19(26)15-28-21/h8-11,14-16,20,29H,12-13H2,1-7H3/t16-,20+,25-/m0/s1. The lowest BCUT2D eigenvalue weighted by atomic mass is 9.85. The molecule has 1 aromatic carbocycles. The molecule has 3 rings (SSSR count). The van der Waals surface area contributed by atoms with Crippen LogP contribution in [0.15, 0.2) is 36.7 Å². The van der Waals surface area contributed by atoms with Gasteiger partial charge in [0.2, 0.25) is 15.9 Å². The second-order valence-electron chi connectivity index (χ2n) is 10.6. The fourth-order valence-electron chi connectivity index (χ4n) is 4.73. The first-order valence-electron chi connectivity index (χ1n) is 11.8. The number of nitrogens with zero attached hydrogens (tertiary/aromatic N) is 4. The summed E-state index contributed by atoms with van der Waals surface area (Å²) in [5.41, 5.74) is -1.01. The minimum Gasteiger partial charge on any atom is -0.444 e. The highest BCUT2D eigenvalue weighted by atomic mass is 32.2. The average Bonchev–Trinajstić information content (AvgIpc) is 3.03. The normalized spacial score (nSPS) is 22.1. The van der Waals surface area contributed by atoms with Gasteiger partial charge in [0.1, 0.15) is 11.1 Å². The van der Waals surface area contributed by atoms with Gasteiger partial charge in [-0.05, 0) is 45.7 Å². The van der Waals surface area contributed by atoms with Crippen molar-refractivity contribution in [3.8, 4) is 11.4 Å². The molecule has 2 aromatic rings. The second-order valence-corrected chi connectivity index (χ2v) is 12.4. The maximum atomic E-state index is 13.8. The molecule has 0 aliphatic carbocycles. The predicted molar refractivity (Wildman–Crippen MR) is 136 cm³/mol. The van der Waals surface area contributed by atoms with Crippen LogP contribution in [0.3, 0.4) is 0 Å². The quantitative estimate of drug-likeness (QED) is 0.603. The van der Waals surface area contributed by atoms with Gasteiger partial charge in [-0.1, -0.05) is 18.2 Å². The molecule has 1 fully saturated rings. The number of halogens is 1. The highest BCUT2D eigenvalue weighted by Crippen LogP contribution is 2.40. The number of aromatic nitrogens is 2. The van der Waals surface area contributed by atoms with E-state index in [9.17, 15) is 22.4 Å². The highest BCUT2D eigenvalue weighted by Gasteiger charge is 2.58. The number of likely N-dealkylation sites (tertiary alicyclic amines) is 1. The molecular formula is C25H34FN5O5S. The molecule has 0 bridgehead atoms. The monoisotopic (exact) mass is 535 g/mol. The predicted octanol–water partition coefficient (Wildman–Crippen LogP) is 2.60. The van der Waals surface area contributed by atoms with Gasteiger partial charge < -0.3 is 9.64 Å². The molecule has 37 heavy (non-hydrogen) atoms. The summed E-state index contributed by atoms with van der Waals surface area (Å²) in [6.45, 7) is 6.86. The number of hydrogen-bond donors (Lipinski definition) is 1. The van der Waals surface area contributed by atoms with Crippen LogP contribution >= 0.6 is 0 Å². The maximum Gasteiger partial charge on any atom is 0.411 e. The van der Waals surface area contributed by atoms with Crippen molar-refractivity contribution >= 4 is 22.0 Å². The maximum absolute atomic E-state index is 13.8. The van der Waals surface area contributed by atoms with Gasteiger partial charge in [0.25, 0.3) is 0 Å². The number of carbonyl (C=O) groups excluding carboxylic acids is 2.